The average Bonchev–Trinajstić information content (AvgIpc) is 2.70. The van der Waals surface area contributed by atoms with Gasteiger partial charge in [0.2, 0.25) is 10.0 Å². The molecular formula is C20H29N3O5S. The van der Waals surface area contributed by atoms with Crippen molar-refractivity contribution in [3.05, 3.63) is 24.3 Å². The Morgan fingerprint density at radius 2 is 2.07 bits per heavy atom. The van der Waals surface area contributed by atoms with Crippen LogP contribution in [0.3, 0.4) is 0 Å². The molecule has 160 valence electrons. The Balaban J connectivity index is 2.07. The van der Waals surface area contributed by atoms with Crippen LogP contribution in [0.2, 0.25) is 0 Å². The third-order valence-corrected chi connectivity index (χ3v) is 6.94. The Labute approximate surface area is 172 Å². The first kappa shape index (κ1) is 23.2. The molecule has 2 rings (SSSR count). The van der Waals surface area contributed by atoms with Crippen LogP contribution in [0.25, 0.3) is 0 Å². The summed E-state index contributed by atoms with van der Waals surface area (Å²) in [4.78, 5) is 13.7. The Hall–Kier alpha value is -2.12. The third-order valence-electron chi connectivity index (χ3n) is 5.05. The lowest BCUT2D eigenvalue weighted by atomic mass is 10.1. The van der Waals surface area contributed by atoms with Gasteiger partial charge in [-0.2, -0.15) is 4.31 Å². The van der Waals surface area contributed by atoms with E-state index >= 15 is 0 Å². The quantitative estimate of drug-likeness (QED) is 0.627. The van der Waals surface area contributed by atoms with Gasteiger partial charge in [-0.05, 0) is 51.7 Å². The number of sulfonamides is 1. The zero-order chi connectivity index (χ0) is 21.6. The number of piperazine rings is 1. The molecule has 8 nitrogen and oxygen atoms in total. The second kappa shape index (κ2) is 10.1. The Kier molecular flexibility index (Phi) is 8.05. The van der Waals surface area contributed by atoms with Crippen LogP contribution in [0.5, 0.6) is 5.75 Å². The molecule has 0 aromatic heterocycles. The number of carboxylic acid groups (broad SMARTS) is 1. The van der Waals surface area contributed by atoms with Crippen LogP contribution >= 0.6 is 0 Å². The van der Waals surface area contributed by atoms with Crippen molar-refractivity contribution in [3.8, 4) is 17.6 Å². The molecule has 0 aliphatic carbocycles. The average molecular weight is 424 g/mol. The van der Waals surface area contributed by atoms with Crippen molar-refractivity contribution in [2.24, 2.45) is 0 Å². The predicted octanol–water partition coefficient (Wildman–Crippen LogP) is 0.845. The summed E-state index contributed by atoms with van der Waals surface area (Å²) in [6, 6.07) is 4.46. The molecule has 0 bridgehead atoms. The Morgan fingerprint density at radius 1 is 1.41 bits per heavy atom. The van der Waals surface area contributed by atoms with Gasteiger partial charge in [-0.3, -0.25) is 9.69 Å². The first-order valence-corrected chi connectivity index (χ1v) is 11.0. The zero-order valence-corrected chi connectivity index (χ0v) is 18.1. The van der Waals surface area contributed by atoms with E-state index in [4.69, 9.17) is 4.74 Å². The molecule has 3 atom stereocenters. The van der Waals surface area contributed by atoms with Crippen LogP contribution in [0.1, 0.15) is 20.8 Å². The summed E-state index contributed by atoms with van der Waals surface area (Å²) in [7, 11) is -1.94. The van der Waals surface area contributed by atoms with Gasteiger partial charge in [0.05, 0.1) is 10.9 Å². The van der Waals surface area contributed by atoms with Crippen molar-refractivity contribution in [3.63, 3.8) is 0 Å². The number of ether oxygens (including phenoxy) is 1. The molecule has 1 saturated heterocycles. The second-order valence-electron chi connectivity index (χ2n) is 6.97. The fourth-order valence-electron chi connectivity index (χ4n) is 3.05. The molecule has 0 saturated carbocycles. The molecule has 0 spiro atoms. The number of hydrogen-bond acceptors (Lipinski definition) is 6. The summed E-state index contributed by atoms with van der Waals surface area (Å²) in [5.41, 5.74) is 0. The minimum atomic E-state index is -3.93. The van der Waals surface area contributed by atoms with Crippen molar-refractivity contribution >= 4 is 16.0 Å². The second-order valence-corrected chi connectivity index (χ2v) is 8.86. The summed E-state index contributed by atoms with van der Waals surface area (Å²) in [6.07, 6.45) is 0. The highest BCUT2D eigenvalue weighted by Crippen LogP contribution is 2.24. The number of aliphatic carboxylic acids is 1. The molecule has 1 aromatic rings. The van der Waals surface area contributed by atoms with Gasteiger partial charge < -0.3 is 15.2 Å². The first-order chi connectivity index (χ1) is 13.7. The minimum Gasteiger partial charge on any atom is -0.481 e. The summed E-state index contributed by atoms with van der Waals surface area (Å²) in [5.74, 6) is 5.37. The van der Waals surface area contributed by atoms with E-state index in [1.807, 2.05) is 14.0 Å². The van der Waals surface area contributed by atoms with E-state index in [1.54, 1.807) is 19.1 Å². The number of hydrogen-bond donors (Lipinski definition) is 2. The maximum atomic E-state index is 13.0. The summed E-state index contributed by atoms with van der Waals surface area (Å²) in [6.45, 7) is 7.34. The first-order valence-electron chi connectivity index (χ1n) is 9.58. The molecule has 1 fully saturated rings. The Bertz CT molecular complexity index is 860. The van der Waals surface area contributed by atoms with Crippen molar-refractivity contribution in [1.29, 1.82) is 0 Å². The van der Waals surface area contributed by atoms with E-state index in [-0.39, 0.29) is 24.1 Å². The molecule has 0 radical (unpaired) electrons. The minimum absolute atomic E-state index is 0.0366. The van der Waals surface area contributed by atoms with Crippen molar-refractivity contribution in [2.75, 3.05) is 33.3 Å². The molecule has 9 heteroatoms. The molecule has 0 amide bonds. The number of carboxylic acids is 1. The van der Waals surface area contributed by atoms with Crippen LogP contribution < -0.4 is 10.1 Å². The van der Waals surface area contributed by atoms with E-state index in [0.29, 0.717) is 12.3 Å². The van der Waals surface area contributed by atoms with Crippen LogP contribution in [-0.2, 0) is 14.8 Å². The van der Waals surface area contributed by atoms with Crippen LogP contribution in [0.4, 0.5) is 0 Å². The third kappa shape index (κ3) is 5.70. The molecule has 1 aliphatic rings. The molecular weight excluding hydrogens is 394 g/mol. The van der Waals surface area contributed by atoms with Gasteiger partial charge >= 0.3 is 5.97 Å². The number of rotatable bonds is 7. The van der Waals surface area contributed by atoms with Crippen LogP contribution in [0.15, 0.2) is 29.2 Å². The van der Waals surface area contributed by atoms with E-state index < -0.39 is 28.1 Å². The molecule has 2 N–H and O–H groups in total. The van der Waals surface area contributed by atoms with E-state index in [2.05, 4.69) is 29.0 Å². The summed E-state index contributed by atoms with van der Waals surface area (Å²) >= 11 is 0. The number of nitrogens with zero attached hydrogens (tertiary/aromatic N) is 2. The molecule has 1 aromatic carbocycles. The van der Waals surface area contributed by atoms with Gasteiger partial charge in [0, 0.05) is 19.1 Å². The SMILES string of the molecule is CCN(C)C(C)C#CCOc1ccc(S(=O)(=O)N2CCNC(C)C2C(=O)O)cc1. The van der Waals surface area contributed by atoms with E-state index in [9.17, 15) is 18.3 Å². The largest absolute Gasteiger partial charge is 0.481 e. The van der Waals surface area contributed by atoms with Crippen LogP contribution in [-0.4, -0.2) is 80.1 Å². The number of benzene rings is 1. The van der Waals surface area contributed by atoms with Gasteiger partial charge in [-0.1, -0.05) is 18.8 Å². The predicted molar refractivity (Wildman–Crippen MR) is 110 cm³/mol. The van der Waals surface area contributed by atoms with Gasteiger partial charge in [0.25, 0.3) is 0 Å². The molecule has 3 unspecified atom stereocenters. The van der Waals surface area contributed by atoms with E-state index in [0.717, 1.165) is 10.8 Å². The topological polar surface area (TPSA) is 99.2 Å². The highest BCUT2D eigenvalue weighted by Gasteiger charge is 2.41. The van der Waals surface area contributed by atoms with Crippen LogP contribution in [0, 0.1) is 11.8 Å². The van der Waals surface area contributed by atoms with Crippen molar-refractivity contribution in [1.82, 2.24) is 14.5 Å². The van der Waals surface area contributed by atoms with Gasteiger partial charge in [0.1, 0.15) is 18.4 Å². The van der Waals surface area contributed by atoms with Crippen molar-refractivity contribution < 1.29 is 23.1 Å². The number of nitrogens with one attached hydrogen (secondary N) is 1. The van der Waals surface area contributed by atoms with Gasteiger partial charge in [-0.25, -0.2) is 8.42 Å². The van der Waals surface area contributed by atoms with E-state index in [1.165, 1.54) is 12.1 Å². The number of carbonyl (C=O) groups is 1. The fraction of sp³-hybridized carbons (Fsp3) is 0.550. The molecule has 1 heterocycles. The Morgan fingerprint density at radius 3 is 2.66 bits per heavy atom. The molecule has 1 aliphatic heterocycles. The lowest BCUT2D eigenvalue weighted by molar-refractivity contribution is -0.143. The monoisotopic (exact) mass is 423 g/mol. The maximum Gasteiger partial charge on any atom is 0.323 e. The molecule has 29 heavy (non-hydrogen) atoms. The highest BCUT2D eigenvalue weighted by molar-refractivity contribution is 7.89. The van der Waals surface area contributed by atoms with Gasteiger partial charge in [0.15, 0.2) is 0 Å². The highest BCUT2D eigenvalue weighted by atomic mass is 32.2. The van der Waals surface area contributed by atoms with Gasteiger partial charge in [-0.15, -0.1) is 0 Å². The summed E-state index contributed by atoms with van der Waals surface area (Å²) in [5, 5.41) is 12.5. The van der Waals surface area contributed by atoms with Crippen molar-refractivity contribution in [2.45, 2.75) is 43.8 Å². The maximum absolute atomic E-state index is 13.0. The lowest BCUT2D eigenvalue weighted by Gasteiger charge is -2.36. The summed E-state index contributed by atoms with van der Waals surface area (Å²) < 4.78 is 32.5. The fourth-order valence-corrected chi connectivity index (χ4v) is 4.70. The normalized spacial score (nSPS) is 21.3. The standard InChI is InChI=1S/C20H29N3O5S/c1-5-22(4)15(2)7-6-14-28-17-8-10-18(11-9-17)29(26,27)23-13-12-21-16(3)19(23)20(24)25/h8-11,15-16,19,21H,5,12-14H2,1-4H3,(H,24,25). The zero-order valence-electron chi connectivity index (χ0n) is 17.3. The smallest absolute Gasteiger partial charge is 0.323 e. The lowest BCUT2D eigenvalue weighted by Crippen LogP contribution is -2.61.